The summed E-state index contributed by atoms with van der Waals surface area (Å²) in [5, 5.41) is 28.8. The van der Waals surface area contributed by atoms with Crippen LogP contribution in [0, 0.1) is 0 Å². The van der Waals surface area contributed by atoms with Gasteiger partial charge in [0, 0.05) is 6.54 Å². The molecule has 0 unspecified atom stereocenters. The third-order valence-electron chi connectivity index (χ3n) is 3.14. The van der Waals surface area contributed by atoms with E-state index in [1.807, 2.05) is 0 Å². The van der Waals surface area contributed by atoms with E-state index in [9.17, 15) is 15.0 Å². The minimum Gasteiger partial charge on any atom is -0.445 e. The highest BCUT2D eigenvalue weighted by Gasteiger charge is 2.46. The summed E-state index contributed by atoms with van der Waals surface area (Å²) in [5.41, 5.74) is 5.81. The SMILES string of the molecule is C=CCOC(=O)N(CC=C)[C@@H]1O[C@H](CO)[C@@H](O)[C@H](O)[C@H]1N. The zero-order valence-corrected chi connectivity index (χ0v) is 11.7. The van der Waals surface area contributed by atoms with E-state index in [2.05, 4.69) is 13.2 Å². The minimum atomic E-state index is -1.35. The van der Waals surface area contributed by atoms with Crippen LogP contribution in [0.5, 0.6) is 0 Å². The van der Waals surface area contributed by atoms with Crippen molar-refractivity contribution < 1.29 is 29.6 Å². The molecule has 0 bridgehead atoms. The number of amides is 1. The molecular formula is C13H22N2O6. The second-order valence-corrected chi connectivity index (χ2v) is 4.61. The molecule has 0 radical (unpaired) electrons. The van der Waals surface area contributed by atoms with E-state index in [4.69, 9.17) is 20.3 Å². The van der Waals surface area contributed by atoms with Gasteiger partial charge in [0.15, 0.2) is 6.23 Å². The Morgan fingerprint density at radius 2 is 2.00 bits per heavy atom. The standard InChI is InChI=1S/C13H22N2O6/c1-3-5-15(13(19)20-6-4-2)12-9(14)11(18)10(17)8(7-16)21-12/h3-4,8-12,16-18H,1-2,5-7,14H2/t8-,9-,10-,11-,12-/m1/s1. The molecule has 1 fully saturated rings. The lowest BCUT2D eigenvalue weighted by Crippen LogP contribution is -2.67. The zero-order valence-electron chi connectivity index (χ0n) is 11.7. The molecule has 1 heterocycles. The molecule has 0 aromatic carbocycles. The molecule has 21 heavy (non-hydrogen) atoms. The van der Waals surface area contributed by atoms with E-state index >= 15 is 0 Å². The number of rotatable bonds is 6. The Labute approximate surface area is 123 Å². The fraction of sp³-hybridized carbons (Fsp3) is 0.615. The lowest BCUT2D eigenvalue weighted by atomic mass is 9.96. The van der Waals surface area contributed by atoms with Gasteiger partial charge in [-0.05, 0) is 0 Å². The molecule has 1 aliphatic rings. The Kier molecular flexibility index (Phi) is 6.79. The van der Waals surface area contributed by atoms with Crippen molar-refractivity contribution in [3.63, 3.8) is 0 Å². The minimum absolute atomic E-state index is 0.00302. The number of nitrogens with two attached hydrogens (primary N) is 1. The van der Waals surface area contributed by atoms with Gasteiger partial charge in [-0.2, -0.15) is 0 Å². The van der Waals surface area contributed by atoms with E-state index in [0.717, 1.165) is 4.90 Å². The summed E-state index contributed by atoms with van der Waals surface area (Å²) in [6.45, 7) is 6.51. The Balaban J connectivity index is 2.91. The molecule has 1 amide bonds. The topological polar surface area (TPSA) is 125 Å². The average Bonchev–Trinajstić information content (AvgIpc) is 2.49. The van der Waals surface area contributed by atoms with Crippen molar-refractivity contribution in [1.82, 2.24) is 4.90 Å². The molecule has 1 rings (SSSR count). The van der Waals surface area contributed by atoms with Gasteiger partial charge in [-0.1, -0.05) is 18.7 Å². The maximum atomic E-state index is 12.0. The summed E-state index contributed by atoms with van der Waals surface area (Å²) in [5.74, 6) is 0. The van der Waals surface area contributed by atoms with Gasteiger partial charge < -0.3 is 30.5 Å². The van der Waals surface area contributed by atoms with Crippen molar-refractivity contribution in [2.45, 2.75) is 30.6 Å². The van der Waals surface area contributed by atoms with Crippen molar-refractivity contribution in [2.75, 3.05) is 19.8 Å². The van der Waals surface area contributed by atoms with Gasteiger partial charge in [0.1, 0.15) is 24.9 Å². The first-order valence-electron chi connectivity index (χ1n) is 6.51. The summed E-state index contributed by atoms with van der Waals surface area (Å²) in [6, 6.07) is -1.06. The van der Waals surface area contributed by atoms with Crippen LogP contribution in [0.3, 0.4) is 0 Å². The van der Waals surface area contributed by atoms with Gasteiger partial charge in [0.25, 0.3) is 0 Å². The number of aliphatic hydroxyl groups is 3. The maximum absolute atomic E-state index is 12.0. The molecule has 8 nitrogen and oxygen atoms in total. The highest BCUT2D eigenvalue weighted by Crippen LogP contribution is 2.23. The van der Waals surface area contributed by atoms with Crippen LogP contribution in [-0.2, 0) is 9.47 Å². The third-order valence-corrected chi connectivity index (χ3v) is 3.14. The summed E-state index contributed by atoms with van der Waals surface area (Å²) in [4.78, 5) is 13.1. The smallest absolute Gasteiger partial charge is 0.412 e. The third kappa shape index (κ3) is 4.02. The second kappa shape index (κ2) is 8.11. The normalized spacial score (nSPS) is 32.3. The van der Waals surface area contributed by atoms with E-state index in [0.29, 0.717) is 0 Å². The Morgan fingerprint density at radius 3 is 2.52 bits per heavy atom. The van der Waals surface area contributed by atoms with Crippen molar-refractivity contribution in [1.29, 1.82) is 0 Å². The highest BCUT2D eigenvalue weighted by atomic mass is 16.6. The quantitative estimate of drug-likeness (QED) is 0.443. The predicted octanol–water partition coefficient (Wildman–Crippen LogP) is -1.44. The van der Waals surface area contributed by atoms with Gasteiger partial charge >= 0.3 is 6.09 Å². The number of hydrogen-bond donors (Lipinski definition) is 4. The lowest BCUT2D eigenvalue weighted by molar-refractivity contribution is -0.219. The van der Waals surface area contributed by atoms with E-state index in [1.54, 1.807) is 0 Å². The summed E-state index contributed by atoms with van der Waals surface area (Å²) in [7, 11) is 0. The van der Waals surface area contributed by atoms with Crippen LogP contribution in [0.2, 0.25) is 0 Å². The highest BCUT2D eigenvalue weighted by molar-refractivity contribution is 5.68. The molecule has 5 atom stereocenters. The molecule has 5 N–H and O–H groups in total. The van der Waals surface area contributed by atoms with Crippen molar-refractivity contribution in [3.05, 3.63) is 25.3 Å². The molecule has 0 aliphatic carbocycles. The molecule has 0 spiro atoms. The fourth-order valence-corrected chi connectivity index (χ4v) is 2.03. The zero-order chi connectivity index (χ0) is 16.0. The van der Waals surface area contributed by atoms with Crippen LogP contribution >= 0.6 is 0 Å². The molecule has 0 aromatic heterocycles. The number of carbonyl (C=O) groups is 1. The van der Waals surface area contributed by atoms with Crippen molar-refractivity contribution in [3.8, 4) is 0 Å². The predicted molar refractivity (Wildman–Crippen MR) is 74.2 cm³/mol. The van der Waals surface area contributed by atoms with Crippen LogP contribution in [-0.4, -0.2) is 76.7 Å². The molecule has 1 aliphatic heterocycles. The fourth-order valence-electron chi connectivity index (χ4n) is 2.03. The monoisotopic (exact) mass is 302 g/mol. The summed E-state index contributed by atoms with van der Waals surface area (Å²) >= 11 is 0. The Hall–Kier alpha value is -1.45. The molecule has 120 valence electrons. The molecule has 1 saturated heterocycles. The summed E-state index contributed by atoms with van der Waals surface area (Å²) in [6.07, 6.45) is -2.68. The Bertz CT molecular complexity index is 376. The van der Waals surface area contributed by atoms with Crippen LogP contribution in [0.25, 0.3) is 0 Å². The van der Waals surface area contributed by atoms with Crippen molar-refractivity contribution in [2.24, 2.45) is 5.73 Å². The van der Waals surface area contributed by atoms with Gasteiger partial charge in [-0.15, -0.1) is 6.58 Å². The first-order chi connectivity index (χ1) is 9.97. The first kappa shape index (κ1) is 17.6. The van der Waals surface area contributed by atoms with E-state index in [1.165, 1.54) is 12.2 Å². The molecule has 8 heteroatoms. The number of nitrogens with zero attached hydrogens (tertiary/aromatic N) is 1. The largest absolute Gasteiger partial charge is 0.445 e. The molecule has 0 saturated carbocycles. The maximum Gasteiger partial charge on any atom is 0.412 e. The van der Waals surface area contributed by atoms with Gasteiger partial charge in [0.2, 0.25) is 0 Å². The van der Waals surface area contributed by atoms with E-state index < -0.39 is 43.3 Å². The number of ether oxygens (including phenoxy) is 2. The number of carbonyl (C=O) groups excluding carboxylic acids is 1. The van der Waals surface area contributed by atoms with Crippen molar-refractivity contribution >= 4 is 6.09 Å². The molecule has 0 aromatic rings. The lowest BCUT2D eigenvalue weighted by Gasteiger charge is -2.44. The van der Waals surface area contributed by atoms with Gasteiger partial charge in [-0.25, -0.2) is 4.79 Å². The first-order valence-corrected chi connectivity index (χ1v) is 6.51. The van der Waals surface area contributed by atoms with E-state index in [-0.39, 0.29) is 13.2 Å². The molecular weight excluding hydrogens is 280 g/mol. The van der Waals surface area contributed by atoms with Crippen LogP contribution in [0.4, 0.5) is 4.79 Å². The van der Waals surface area contributed by atoms with Crippen LogP contribution < -0.4 is 5.73 Å². The number of hydrogen-bond acceptors (Lipinski definition) is 7. The van der Waals surface area contributed by atoms with Crippen LogP contribution in [0.1, 0.15) is 0 Å². The number of aliphatic hydroxyl groups excluding tert-OH is 3. The van der Waals surface area contributed by atoms with Gasteiger partial charge in [0.05, 0.1) is 12.6 Å². The second-order valence-electron chi connectivity index (χ2n) is 4.61. The Morgan fingerprint density at radius 1 is 1.33 bits per heavy atom. The summed E-state index contributed by atoms with van der Waals surface area (Å²) < 4.78 is 10.3. The van der Waals surface area contributed by atoms with Gasteiger partial charge in [-0.3, -0.25) is 4.90 Å². The average molecular weight is 302 g/mol. The van der Waals surface area contributed by atoms with Crippen LogP contribution in [0.15, 0.2) is 25.3 Å².